The number of benzene rings is 3. The molecule has 0 radical (unpaired) electrons. The molecule has 0 bridgehead atoms. The van der Waals surface area contributed by atoms with Crippen LogP contribution in [0, 0.1) is 11.3 Å². The lowest BCUT2D eigenvalue weighted by atomic mass is 9.80. The SMILES string of the molecule is COc1ccc(C(OCCCCCC(OC(C)=O)C(CCCOP(OCCC#N)N(C(C)C)C(C)C)OC(C)=O)(c2ccccc2)c2ccc(OC)cc2)cc1. The van der Waals surface area contributed by atoms with Gasteiger partial charge in [-0.25, -0.2) is 4.67 Å². The van der Waals surface area contributed by atoms with Crippen molar-refractivity contribution in [1.29, 1.82) is 5.26 Å². The molecule has 3 atom stereocenters. The highest BCUT2D eigenvalue weighted by molar-refractivity contribution is 7.44. The number of unbranched alkanes of at least 4 members (excludes halogenated alkanes) is 2. The molecule has 0 fully saturated rings. The molecule has 0 aromatic heterocycles. The number of hydrogen-bond acceptors (Lipinski definition) is 11. The van der Waals surface area contributed by atoms with Crippen LogP contribution in [0.25, 0.3) is 0 Å². The van der Waals surface area contributed by atoms with Gasteiger partial charge in [0, 0.05) is 32.5 Å². The van der Waals surface area contributed by atoms with E-state index in [1.807, 2.05) is 66.7 Å². The van der Waals surface area contributed by atoms with E-state index in [0.29, 0.717) is 32.5 Å². The monoisotopic (exact) mass is 792 g/mol. The molecule has 12 heteroatoms. The Morgan fingerprint density at radius 2 is 1.14 bits per heavy atom. The molecule has 0 aliphatic rings. The fourth-order valence-electron chi connectivity index (χ4n) is 6.73. The first-order chi connectivity index (χ1) is 27.0. The molecule has 0 saturated carbocycles. The van der Waals surface area contributed by atoms with Crippen molar-refractivity contribution in [2.24, 2.45) is 0 Å². The molecule has 3 unspecified atom stereocenters. The summed E-state index contributed by atoms with van der Waals surface area (Å²) in [6.45, 7) is 12.1. The Balaban J connectivity index is 1.71. The van der Waals surface area contributed by atoms with E-state index in [2.05, 4.69) is 50.6 Å². The Labute approximate surface area is 335 Å². The third-order valence-corrected chi connectivity index (χ3v) is 11.3. The van der Waals surface area contributed by atoms with Crippen LogP contribution in [0.4, 0.5) is 0 Å². The number of ether oxygens (including phenoxy) is 5. The first kappa shape index (κ1) is 46.3. The normalized spacial score (nSPS) is 13.2. The van der Waals surface area contributed by atoms with E-state index in [4.69, 9.17) is 38.0 Å². The summed E-state index contributed by atoms with van der Waals surface area (Å²) < 4.78 is 43.9. The molecular weight excluding hydrogens is 731 g/mol. The maximum absolute atomic E-state index is 12.3. The van der Waals surface area contributed by atoms with Gasteiger partial charge in [-0.3, -0.25) is 9.59 Å². The van der Waals surface area contributed by atoms with Gasteiger partial charge in [0.15, 0.2) is 0 Å². The van der Waals surface area contributed by atoms with Gasteiger partial charge in [-0.15, -0.1) is 0 Å². The topological polar surface area (TPSA) is 126 Å². The lowest BCUT2D eigenvalue weighted by molar-refractivity contribution is -0.166. The van der Waals surface area contributed by atoms with Crippen LogP contribution in [-0.4, -0.2) is 74.9 Å². The van der Waals surface area contributed by atoms with Gasteiger partial charge in [-0.2, -0.15) is 5.26 Å². The highest BCUT2D eigenvalue weighted by atomic mass is 31.2. The minimum Gasteiger partial charge on any atom is -0.497 e. The summed E-state index contributed by atoms with van der Waals surface area (Å²) in [6.07, 6.45) is 2.76. The van der Waals surface area contributed by atoms with Gasteiger partial charge < -0.3 is 32.7 Å². The Kier molecular flexibility index (Phi) is 20.3. The van der Waals surface area contributed by atoms with E-state index < -0.39 is 38.3 Å². The van der Waals surface area contributed by atoms with Crippen LogP contribution in [0.3, 0.4) is 0 Å². The molecule has 306 valence electrons. The maximum atomic E-state index is 12.3. The van der Waals surface area contributed by atoms with Gasteiger partial charge in [0.25, 0.3) is 8.53 Å². The Morgan fingerprint density at radius 1 is 0.661 bits per heavy atom. The first-order valence-corrected chi connectivity index (χ1v) is 20.6. The molecule has 0 saturated heterocycles. The first-order valence-electron chi connectivity index (χ1n) is 19.5. The standard InChI is InChI=1S/C44H61N2O9P/c1-33(2)46(34(3)4)56(53-32-16-29-45)52-31-15-20-43(55-36(6)48)42(54-35(5)47)19-13-10-14-30-51-44(37-17-11-9-12-18-37,38-21-25-40(49-7)26-22-38)39-23-27-41(50-8)28-24-39/h9,11-12,17-18,21-28,33-34,42-43H,10,13-16,19-20,30-32H2,1-8H3. The highest BCUT2D eigenvalue weighted by Gasteiger charge is 2.38. The van der Waals surface area contributed by atoms with Crippen LogP contribution < -0.4 is 9.47 Å². The molecule has 0 aliphatic carbocycles. The van der Waals surface area contributed by atoms with Crippen molar-refractivity contribution in [3.05, 3.63) is 95.6 Å². The lowest BCUT2D eigenvalue weighted by Gasteiger charge is -2.36. The van der Waals surface area contributed by atoms with E-state index in [1.165, 1.54) is 13.8 Å². The fraction of sp³-hybridized carbons (Fsp3) is 0.523. The van der Waals surface area contributed by atoms with Crippen molar-refractivity contribution >= 4 is 20.5 Å². The van der Waals surface area contributed by atoms with Gasteiger partial charge in [0.1, 0.15) is 29.3 Å². The maximum Gasteiger partial charge on any atom is 0.303 e. The molecule has 0 N–H and O–H groups in total. The molecule has 0 spiro atoms. The van der Waals surface area contributed by atoms with Crippen LogP contribution in [0.5, 0.6) is 11.5 Å². The summed E-state index contributed by atoms with van der Waals surface area (Å²) >= 11 is 0. The highest BCUT2D eigenvalue weighted by Crippen LogP contribution is 2.46. The third-order valence-electron chi connectivity index (χ3n) is 9.17. The van der Waals surface area contributed by atoms with E-state index in [0.717, 1.165) is 47.5 Å². The molecule has 3 rings (SSSR count). The Bertz CT molecular complexity index is 1560. The second kappa shape index (κ2) is 24.6. The molecule has 56 heavy (non-hydrogen) atoms. The summed E-state index contributed by atoms with van der Waals surface area (Å²) in [5, 5.41) is 9.03. The predicted octanol–water partition coefficient (Wildman–Crippen LogP) is 9.51. The fourth-order valence-corrected chi connectivity index (χ4v) is 8.36. The number of nitriles is 1. The molecule has 0 amide bonds. The molecule has 11 nitrogen and oxygen atoms in total. The van der Waals surface area contributed by atoms with Crippen LogP contribution in [0.15, 0.2) is 78.9 Å². The van der Waals surface area contributed by atoms with Crippen molar-refractivity contribution in [3.8, 4) is 17.6 Å². The Morgan fingerprint density at radius 3 is 1.61 bits per heavy atom. The summed E-state index contributed by atoms with van der Waals surface area (Å²) in [4.78, 5) is 24.5. The number of hydrogen-bond donors (Lipinski definition) is 0. The molecular formula is C44H61N2O9P. The molecule has 0 heterocycles. The van der Waals surface area contributed by atoms with Crippen molar-refractivity contribution in [1.82, 2.24) is 4.67 Å². The number of nitrogens with zero attached hydrogens (tertiary/aromatic N) is 2. The predicted molar refractivity (Wildman–Crippen MR) is 218 cm³/mol. The van der Waals surface area contributed by atoms with Crippen LogP contribution >= 0.6 is 8.53 Å². The van der Waals surface area contributed by atoms with Gasteiger partial charge in [-0.1, -0.05) is 61.0 Å². The number of carbonyl (C=O) groups excluding carboxylic acids is 2. The average Bonchev–Trinajstić information content (AvgIpc) is 3.18. The van der Waals surface area contributed by atoms with Gasteiger partial charge in [-0.05, 0) is 101 Å². The van der Waals surface area contributed by atoms with Gasteiger partial charge >= 0.3 is 11.9 Å². The van der Waals surface area contributed by atoms with E-state index >= 15 is 0 Å². The van der Waals surface area contributed by atoms with Crippen molar-refractivity contribution in [2.75, 3.05) is 34.0 Å². The van der Waals surface area contributed by atoms with Crippen LogP contribution in [0.1, 0.15) is 103 Å². The Hall–Kier alpha value is -4.04. The van der Waals surface area contributed by atoms with Crippen LogP contribution in [-0.2, 0) is 38.4 Å². The largest absolute Gasteiger partial charge is 0.497 e. The van der Waals surface area contributed by atoms with E-state index in [9.17, 15) is 9.59 Å². The molecule has 3 aromatic carbocycles. The van der Waals surface area contributed by atoms with E-state index in [-0.39, 0.29) is 25.1 Å². The second-order valence-corrected chi connectivity index (χ2v) is 15.5. The summed E-state index contributed by atoms with van der Waals surface area (Å²) in [5.74, 6) is 0.630. The van der Waals surface area contributed by atoms with Crippen molar-refractivity contribution in [2.45, 2.75) is 116 Å². The quantitative estimate of drug-likeness (QED) is 0.0334. The van der Waals surface area contributed by atoms with Crippen molar-refractivity contribution in [3.63, 3.8) is 0 Å². The zero-order valence-electron chi connectivity index (χ0n) is 34.4. The molecule has 3 aromatic rings. The number of esters is 2. The summed E-state index contributed by atoms with van der Waals surface area (Å²) in [6, 6.07) is 28.5. The zero-order chi connectivity index (χ0) is 40.9. The zero-order valence-corrected chi connectivity index (χ0v) is 35.3. The third kappa shape index (κ3) is 14.2. The lowest BCUT2D eigenvalue weighted by Crippen LogP contribution is -2.35. The summed E-state index contributed by atoms with van der Waals surface area (Å²) in [5.41, 5.74) is 1.99. The minimum atomic E-state index is -1.40. The summed E-state index contributed by atoms with van der Waals surface area (Å²) in [7, 11) is 1.90. The smallest absolute Gasteiger partial charge is 0.303 e. The number of carbonyl (C=O) groups is 2. The average molecular weight is 793 g/mol. The van der Waals surface area contributed by atoms with E-state index in [1.54, 1.807) is 14.2 Å². The van der Waals surface area contributed by atoms with Crippen molar-refractivity contribution < 1.29 is 42.3 Å². The van der Waals surface area contributed by atoms with Gasteiger partial charge in [0.05, 0.1) is 39.9 Å². The minimum absolute atomic E-state index is 0.176. The number of methoxy groups -OCH3 is 2. The van der Waals surface area contributed by atoms with Gasteiger partial charge in [0.2, 0.25) is 0 Å². The second-order valence-electron chi connectivity index (χ2n) is 14.0. The van der Waals surface area contributed by atoms with Crippen LogP contribution in [0.2, 0.25) is 0 Å². The number of rotatable bonds is 26. The molecule has 0 aliphatic heterocycles.